The number of rotatable bonds is 7. The van der Waals surface area contributed by atoms with E-state index in [2.05, 4.69) is 9.88 Å². The van der Waals surface area contributed by atoms with Gasteiger partial charge in [-0.15, -0.1) is 0 Å². The maximum Gasteiger partial charge on any atom is 0.446 e. The fraction of sp³-hybridized carbons (Fsp3) is 0.333. The molecule has 2 aromatic heterocycles. The standard InChI is InChI=1S/C21H23F3N4O2S/c1-4-26(5-2)18-12-25-11-10-15(18)13-27-14(3)19(29)28(20(27)30)16-6-8-17(9-7-16)31-21(22,23)24/h6-12,29H,4-5,13H2,1-3H3. The van der Waals surface area contributed by atoms with Crippen molar-refractivity contribution < 1.29 is 18.3 Å². The zero-order chi connectivity index (χ0) is 22.8. The molecule has 0 aliphatic rings. The van der Waals surface area contributed by atoms with Crippen molar-refractivity contribution in [2.24, 2.45) is 0 Å². The monoisotopic (exact) mass is 452 g/mol. The summed E-state index contributed by atoms with van der Waals surface area (Å²) in [6, 6.07) is 7.14. The van der Waals surface area contributed by atoms with Gasteiger partial charge >= 0.3 is 11.2 Å². The fourth-order valence-corrected chi connectivity index (χ4v) is 3.96. The number of halogens is 3. The molecule has 0 saturated heterocycles. The van der Waals surface area contributed by atoms with Crippen molar-refractivity contribution in [2.75, 3.05) is 18.0 Å². The summed E-state index contributed by atoms with van der Waals surface area (Å²) in [4.78, 5) is 19.4. The fourth-order valence-electron chi connectivity index (χ4n) is 3.42. The van der Waals surface area contributed by atoms with E-state index in [0.717, 1.165) is 28.9 Å². The van der Waals surface area contributed by atoms with E-state index in [4.69, 9.17) is 0 Å². The topological polar surface area (TPSA) is 63.3 Å². The highest BCUT2D eigenvalue weighted by Gasteiger charge is 2.29. The van der Waals surface area contributed by atoms with Crippen molar-refractivity contribution in [1.82, 2.24) is 14.1 Å². The number of pyridine rings is 1. The number of aromatic hydroxyl groups is 1. The third-order valence-corrected chi connectivity index (χ3v) is 5.75. The summed E-state index contributed by atoms with van der Waals surface area (Å²) in [5, 5.41) is 10.6. The molecule has 1 N–H and O–H groups in total. The van der Waals surface area contributed by atoms with Crippen molar-refractivity contribution in [3.63, 3.8) is 0 Å². The summed E-state index contributed by atoms with van der Waals surface area (Å²) < 4.78 is 40.2. The number of aromatic nitrogens is 3. The molecule has 0 unspecified atom stereocenters. The van der Waals surface area contributed by atoms with Gasteiger partial charge in [-0.05, 0) is 68.4 Å². The van der Waals surface area contributed by atoms with Crippen LogP contribution in [-0.4, -0.2) is 37.8 Å². The van der Waals surface area contributed by atoms with E-state index in [0.29, 0.717) is 5.69 Å². The van der Waals surface area contributed by atoms with E-state index >= 15 is 0 Å². The molecule has 0 saturated carbocycles. The predicted octanol–water partition coefficient (Wildman–Crippen LogP) is 4.55. The van der Waals surface area contributed by atoms with Gasteiger partial charge in [0.05, 0.1) is 29.8 Å². The lowest BCUT2D eigenvalue weighted by Gasteiger charge is -2.23. The normalized spacial score (nSPS) is 11.7. The highest BCUT2D eigenvalue weighted by Crippen LogP contribution is 2.37. The van der Waals surface area contributed by atoms with E-state index in [1.165, 1.54) is 28.8 Å². The van der Waals surface area contributed by atoms with Crippen molar-refractivity contribution in [1.29, 1.82) is 0 Å². The second kappa shape index (κ2) is 9.09. The molecule has 0 spiro atoms. The van der Waals surface area contributed by atoms with Crippen LogP contribution in [0.5, 0.6) is 5.88 Å². The Morgan fingerprint density at radius 2 is 1.77 bits per heavy atom. The summed E-state index contributed by atoms with van der Waals surface area (Å²) >= 11 is -0.234. The van der Waals surface area contributed by atoms with Gasteiger partial charge in [-0.1, -0.05) is 0 Å². The first-order valence-corrected chi connectivity index (χ1v) is 10.5. The first-order chi connectivity index (χ1) is 14.7. The molecule has 1 aromatic carbocycles. The van der Waals surface area contributed by atoms with Crippen LogP contribution >= 0.6 is 11.8 Å². The van der Waals surface area contributed by atoms with Crippen LogP contribution in [0.25, 0.3) is 5.69 Å². The maximum absolute atomic E-state index is 13.1. The predicted molar refractivity (Wildman–Crippen MR) is 115 cm³/mol. The van der Waals surface area contributed by atoms with Crippen molar-refractivity contribution in [3.8, 4) is 11.6 Å². The van der Waals surface area contributed by atoms with E-state index in [1.54, 1.807) is 19.3 Å². The van der Waals surface area contributed by atoms with Gasteiger partial charge in [-0.25, -0.2) is 9.36 Å². The molecular formula is C21H23F3N4O2S. The van der Waals surface area contributed by atoms with Crippen LogP contribution in [0.3, 0.4) is 0 Å². The number of nitrogens with zero attached hydrogens (tertiary/aromatic N) is 4. The van der Waals surface area contributed by atoms with Crippen LogP contribution in [0.4, 0.5) is 18.9 Å². The lowest BCUT2D eigenvalue weighted by molar-refractivity contribution is -0.0328. The summed E-state index contributed by atoms with van der Waals surface area (Å²) in [7, 11) is 0. The number of thioether (sulfide) groups is 1. The summed E-state index contributed by atoms with van der Waals surface area (Å²) in [6.45, 7) is 7.46. The van der Waals surface area contributed by atoms with Crippen LogP contribution in [0.1, 0.15) is 25.1 Å². The van der Waals surface area contributed by atoms with Crippen LogP contribution in [-0.2, 0) is 6.54 Å². The smallest absolute Gasteiger partial charge is 0.446 e. The van der Waals surface area contributed by atoms with Gasteiger partial charge in [0.25, 0.3) is 0 Å². The van der Waals surface area contributed by atoms with Crippen LogP contribution < -0.4 is 10.6 Å². The number of benzene rings is 1. The minimum absolute atomic E-state index is 0.000549. The number of hydrogen-bond acceptors (Lipinski definition) is 5. The highest BCUT2D eigenvalue weighted by atomic mass is 32.2. The van der Waals surface area contributed by atoms with E-state index < -0.39 is 11.2 Å². The largest absolute Gasteiger partial charge is 0.493 e. The maximum atomic E-state index is 13.1. The number of imidazole rings is 1. The molecule has 31 heavy (non-hydrogen) atoms. The average molecular weight is 453 g/mol. The SMILES string of the molecule is CCN(CC)c1cnccc1Cn1c(C)c(O)n(-c2ccc(SC(F)(F)F)cc2)c1=O. The minimum atomic E-state index is -4.40. The van der Waals surface area contributed by atoms with Gasteiger partial charge in [-0.3, -0.25) is 9.55 Å². The summed E-state index contributed by atoms with van der Waals surface area (Å²) in [6.07, 6.45) is 3.40. The van der Waals surface area contributed by atoms with Crippen molar-refractivity contribution in [2.45, 2.75) is 37.7 Å². The molecule has 0 atom stereocenters. The Labute approximate surface area is 182 Å². The Morgan fingerprint density at radius 3 is 2.35 bits per heavy atom. The third kappa shape index (κ3) is 4.90. The van der Waals surface area contributed by atoms with Crippen LogP contribution in [0.2, 0.25) is 0 Å². The van der Waals surface area contributed by atoms with Gasteiger partial charge in [-0.2, -0.15) is 13.2 Å². The quantitative estimate of drug-likeness (QED) is 0.533. The number of alkyl halides is 3. The first kappa shape index (κ1) is 22.8. The second-order valence-electron chi connectivity index (χ2n) is 6.83. The van der Waals surface area contributed by atoms with Gasteiger partial charge in [0.15, 0.2) is 0 Å². The van der Waals surface area contributed by atoms with E-state index in [1.807, 2.05) is 19.9 Å². The summed E-state index contributed by atoms with van der Waals surface area (Å²) in [5.41, 5.74) is -2.45. The molecular weight excluding hydrogens is 429 g/mol. The first-order valence-electron chi connectivity index (χ1n) is 9.71. The average Bonchev–Trinajstić information content (AvgIpc) is 2.93. The zero-order valence-electron chi connectivity index (χ0n) is 17.3. The van der Waals surface area contributed by atoms with Gasteiger partial charge in [0, 0.05) is 24.2 Å². The van der Waals surface area contributed by atoms with E-state index in [9.17, 15) is 23.1 Å². The van der Waals surface area contributed by atoms with Gasteiger partial charge in [0.2, 0.25) is 5.88 Å². The molecule has 166 valence electrons. The summed E-state index contributed by atoms with van der Waals surface area (Å²) in [5.74, 6) is -0.250. The van der Waals surface area contributed by atoms with Crippen LogP contribution in [0, 0.1) is 6.92 Å². The number of anilines is 1. The molecule has 0 aliphatic heterocycles. The lowest BCUT2D eigenvalue weighted by atomic mass is 10.2. The Kier molecular flexibility index (Phi) is 6.68. The van der Waals surface area contributed by atoms with Gasteiger partial charge < -0.3 is 10.0 Å². The second-order valence-corrected chi connectivity index (χ2v) is 7.97. The molecule has 0 amide bonds. The van der Waals surface area contributed by atoms with Crippen molar-refractivity contribution in [3.05, 3.63) is 64.5 Å². The molecule has 3 rings (SSSR count). The molecule has 0 fully saturated rings. The molecule has 0 aliphatic carbocycles. The highest BCUT2D eigenvalue weighted by molar-refractivity contribution is 8.00. The minimum Gasteiger partial charge on any atom is -0.493 e. The molecule has 2 heterocycles. The third-order valence-electron chi connectivity index (χ3n) is 5.01. The van der Waals surface area contributed by atoms with Gasteiger partial charge in [0.1, 0.15) is 0 Å². The molecule has 10 heteroatoms. The number of hydrogen-bond donors (Lipinski definition) is 1. The Hall–Kier alpha value is -2.88. The molecule has 0 bridgehead atoms. The molecule has 0 radical (unpaired) electrons. The lowest BCUT2D eigenvalue weighted by Crippen LogP contribution is -2.27. The molecule has 6 nitrogen and oxygen atoms in total. The Morgan fingerprint density at radius 1 is 1.13 bits per heavy atom. The van der Waals surface area contributed by atoms with Crippen LogP contribution in [0.15, 0.2) is 52.4 Å². The molecule has 3 aromatic rings. The Balaban J connectivity index is 1.99. The Bertz CT molecular complexity index is 1100. The van der Waals surface area contributed by atoms with E-state index in [-0.39, 0.29) is 34.8 Å². The van der Waals surface area contributed by atoms with Crippen molar-refractivity contribution >= 4 is 17.4 Å². The zero-order valence-corrected chi connectivity index (χ0v) is 18.2.